The van der Waals surface area contributed by atoms with Crippen LogP contribution in [0.15, 0.2) is 12.2 Å². The molecule has 0 unspecified atom stereocenters. The van der Waals surface area contributed by atoms with Crippen LogP contribution in [0.4, 0.5) is 0 Å². The van der Waals surface area contributed by atoms with Crippen molar-refractivity contribution in [1.82, 2.24) is 0 Å². The maximum atomic E-state index is 10.0. The van der Waals surface area contributed by atoms with E-state index in [1.54, 1.807) is 6.08 Å². The summed E-state index contributed by atoms with van der Waals surface area (Å²) in [7, 11) is 0. The summed E-state index contributed by atoms with van der Waals surface area (Å²) in [6, 6.07) is 0. The average Bonchev–Trinajstić information content (AvgIpc) is 1.66. The van der Waals surface area contributed by atoms with Gasteiger partial charge in [-0.1, -0.05) is 19.4 Å². The first-order valence-corrected chi connectivity index (χ1v) is 2.73. The minimum Gasteiger partial charge on any atom is -0.366 e. The van der Waals surface area contributed by atoms with E-state index >= 15 is 0 Å². The third-order valence-corrected chi connectivity index (χ3v) is 0.737. The van der Waals surface area contributed by atoms with Crippen LogP contribution in [0.5, 0.6) is 0 Å². The van der Waals surface area contributed by atoms with Gasteiger partial charge in [0.25, 0.3) is 0 Å². The van der Waals surface area contributed by atoms with Gasteiger partial charge in [0.2, 0.25) is 5.91 Å². The second-order valence-electron chi connectivity index (χ2n) is 1.59. The Morgan fingerprint density at radius 1 is 1.75 bits per heavy atom. The Morgan fingerprint density at radius 2 is 2.38 bits per heavy atom. The lowest BCUT2D eigenvalue weighted by Gasteiger charge is -1.80. The van der Waals surface area contributed by atoms with Gasteiger partial charge in [0.1, 0.15) is 0 Å². The maximum absolute atomic E-state index is 10.0. The van der Waals surface area contributed by atoms with Crippen molar-refractivity contribution in [2.24, 2.45) is 5.73 Å². The predicted octanol–water partition coefficient (Wildman–Crippen LogP) is 0.828. The quantitative estimate of drug-likeness (QED) is 0.541. The number of unbranched alkanes of at least 4 members (excludes halogenated alkanes) is 1. The summed E-state index contributed by atoms with van der Waals surface area (Å²) in [6.07, 6.45) is 5.17. The van der Waals surface area contributed by atoms with E-state index in [9.17, 15) is 4.79 Å². The van der Waals surface area contributed by atoms with Crippen molar-refractivity contribution in [2.45, 2.75) is 19.8 Å². The third-order valence-electron chi connectivity index (χ3n) is 0.737. The first-order valence-electron chi connectivity index (χ1n) is 2.73. The van der Waals surface area contributed by atoms with Crippen molar-refractivity contribution in [1.29, 1.82) is 0 Å². The molecule has 0 radical (unpaired) electrons. The fraction of sp³-hybridized carbons (Fsp3) is 0.500. The van der Waals surface area contributed by atoms with Crippen molar-refractivity contribution in [2.75, 3.05) is 0 Å². The lowest BCUT2D eigenvalue weighted by atomic mass is 10.3. The second-order valence-corrected chi connectivity index (χ2v) is 1.59. The van der Waals surface area contributed by atoms with Gasteiger partial charge in [-0.3, -0.25) is 4.79 Å². The van der Waals surface area contributed by atoms with E-state index in [1.807, 2.05) is 6.92 Å². The summed E-state index contributed by atoms with van der Waals surface area (Å²) in [6.45, 7) is 2.05. The smallest absolute Gasteiger partial charge is 0.241 e. The molecule has 0 rings (SSSR count). The summed E-state index contributed by atoms with van der Waals surface area (Å²) in [5, 5.41) is 0. The van der Waals surface area contributed by atoms with Gasteiger partial charge >= 0.3 is 0 Å². The highest BCUT2D eigenvalue weighted by Crippen LogP contribution is 1.86. The number of rotatable bonds is 3. The van der Waals surface area contributed by atoms with E-state index in [2.05, 4.69) is 0 Å². The molecule has 0 saturated carbocycles. The Labute approximate surface area is 49.4 Å². The van der Waals surface area contributed by atoms with Crippen LogP contribution in [-0.2, 0) is 4.79 Å². The highest BCUT2D eigenvalue weighted by atomic mass is 16.1. The molecule has 2 N–H and O–H groups in total. The number of allylic oxidation sites excluding steroid dienone is 1. The first-order chi connectivity index (χ1) is 3.77. The molecule has 0 bridgehead atoms. The Balaban J connectivity index is 3.20. The molecule has 0 saturated heterocycles. The Hall–Kier alpha value is -0.790. The minimum absolute atomic E-state index is 0.363. The van der Waals surface area contributed by atoms with Gasteiger partial charge in [-0.2, -0.15) is 0 Å². The number of nitrogens with two attached hydrogens (primary N) is 1. The Bertz CT molecular complexity index is 96.7. The normalized spacial score (nSPS) is 10.1. The van der Waals surface area contributed by atoms with Crippen LogP contribution in [0, 0.1) is 0 Å². The van der Waals surface area contributed by atoms with Crippen LogP contribution >= 0.6 is 0 Å². The Morgan fingerprint density at radius 3 is 2.75 bits per heavy atom. The molecule has 1 amide bonds. The number of amides is 1. The lowest BCUT2D eigenvalue weighted by Crippen LogP contribution is -2.05. The minimum atomic E-state index is -0.363. The SMILES string of the molecule is CCCC=CC(N)=O. The van der Waals surface area contributed by atoms with Gasteiger partial charge in [0.05, 0.1) is 0 Å². The summed E-state index contributed by atoms with van der Waals surface area (Å²) in [5.74, 6) is -0.363. The van der Waals surface area contributed by atoms with E-state index < -0.39 is 0 Å². The third kappa shape index (κ3) is 5.21. The standard InChI is InChI=1S/C6H11NO/c1-2-3-4-5-6(7)8/h4-5H,2-3H2,1H3,(H2,7,8). The molecule has 0 spiro atoms. The fourth-order valence-corrected chi connectivity index (χ4v) is 0.366. The molecular weight excluding hydrogens is 102 g/mol. The number of carbonyl (C=O) groups excluding carboxylic acids is 1. The summed E-state index contributed by atoms with van der Waals surface area (Å²) < 4.78 is 0. The number of carbonyl (C=O) groups is 1. The van der Waals surface area contributed by atoms with Crippen molar-refractivity contribution < 1.29 is 4.79 Å². The van der Waals surface area contributed by atoms with Crippen LogP contribution in [-0.4, -0.2) is 5.91 Å². The van der Waals surface area contributed by atoms with E-state index in [-0.39, 0.29) is 5.91 Å². The molecule has 0 fully saturated rings. The molecule has 0 aromatic heterocycles. The van der Waals surface area contributed by atoms with Crippen molar-refractivity contribution in [3.8, 4) is 0 Å². The second kappa shape index (κ2) is 4.37. The molecule has 0 aliphatic rings. The molecule has 46 valence electrons. The fourth-order valence-electron chi connectivity index (χ4n) is 0.366. The van der Waals surface area contributed by atoms with Crippen molar-refractivity contribution in [3.63, 3.8) is 0 Å². The van der Waals surface area contributed by atoms with Crippen LogP contribution in [0.3, 0.4) is 0 Å². The van der Waals surface area contributed by atoms with Gasteiger partial charge in [-0.05, 0) is 12.5 Å². The summed E-state index contributed by atoms with van der Waals surface area (Å²) >= 11 is 0. The molecule has 0 atom stereocenters. The van der Waals surface area contributed by atoms with Crippen LogP contribution in [0.2, 0.25) is 0 Å². The van der Waals surface area contributed by atoms with E-state index in [0.29, 0.717) is 0 Å². The molecule has 8 heavy (non-hydrogen) atoms. The van der Waals surface area contributed by atoms with Crippen LogP contribution in [0.1, 0.15) is 19.8 Å². The molecule has 0 aliphatic heterocycles. The molecule has 0 aliphatic carbocycles. The highest BCUT2D eigenvalue weighted by Gasteiger charge is 1.78. The van der Waals surface area contributed by atoms with Gasteiger partial charge in [-0.15, -0.1) is 0 Å². The first kappa shape index (κ1) is 7.21. The molecule has 0 aromatic rings. The van der Waals surface area contributed by atoms with E-state index in [1.165, 1.54) is 6.08 Å². The molecule has 2 nitrogen and oxygen atoms in total. The summed E-state index contributed by atoms with van der Waals surface area (Å²) in [5.41, 5.74) is 4.81. The van der Waals surface area contributed by atoms with Crippen LogP contribution < -0.4 is 5.73 Å². The van der Waals surface area contributed by atoms with Gasteiger partial charge in [0, 0.05) is 0 Å². The predicted molar refractivity (Wildman–Crippen MR) is 33.2 cm³/mol. The zero-order valence-corrected chi connectivity index (χ0v) is 5.05. The van der Waals surface area contributed by atoms with Crippen molar-refractivity contribution in [3.05, 3.63) is 12.2 Å². The largest absolute Gasteiger partial charge is 0.366 e. The molecule has 2 heteroatoms. The van der Waals surface area contributed by atoms with Gasteiger partial charge in [0.15, 0.2) is 0 Å². The van der Waals surface area contributed by atoms with E-state index in [4.69, 9.17) is 5.73 Å². The zero-order valence-electron chi connectivity index (χ0n) is 5.05. The molecule has 0 heterocycles. The van der Waals surface area contributed by atoms with Gasteiger partial charge in [-0.25, -0.2) is 0 Å². The average molecular weight is 113 g/mol. The maximum Gasteiger partial charge on any atom is 0.241 e. The van der Waals surface area contributed by atoms with Crippen molar-refractivity contribution >= 4 is 5.91 Å². The zero-order chi connectivity index (χ0) is 6.41. The van der Waals surface area contributed by atoms with Gasteiger partial charge < -0.3 is 5.73 Å². The monoisotopic (exact) mass is 113 g/mol. The number of hydrogen-bond acceptors (Lipinski definition) is 1. The lowest BCUT2D eigenvalue weighted by molar-refractivity contribution is -0.113. The van der Waals surface area contributed by atoms with Crippen LogP contribution in [0.25, 0.3) is 0 Å². The van der Waals surface area contributed by atoms with E-state index in [0.717, 1.165) is 12.8 Å². The Kier molecular flexibility index (Phi) is 3.94. The number of primary amides is 1. The summed E-state index contributed by atoms with van der Waals surface area (Å²) in [4.78, 5) is 10.0. The highest BCUT2D eigenvalue weighted by molar-refractivity contribution is 5.85. The number of hydrogen-bond donors (Lipinski definition) is 1. The topological polar surface area (TPSA) is 43.1 Å². The molecular formula is C6H11NO. The molecule has 0 aromatic carbocycles.